The molecule has 1 aromatic carbocycles. The first-order valence-corrected chi connectivity index (χ1v) is 6.64. The third-order valence-corrected chi connectivity index (χ3v) is 4.02. The molecule has 2 nitrogen and oxygen atoms in total. The fourth-order valence-electron chi connectivity index (χ4n) is 2.10. The summed E-state index contributed by atoms with van der Waals surface area (Å²) in [7, 11) is 0. The van der Waals surface area contributed by atoms with Crippen LogP contribution in [0.1, 0.15) is 24.4 Å². The largest absolute Gasteiger partial charge is 0.381 e. The molecule has 1 atom stereocenters. The van der Waals surface area contributed by atoms with Gasteiger partial charge in [-0.3, -0.25) is 0 Å². The van der Waals surface area contributed by atoms with Gasteiger partial charge in [-0.2, -0.15) is 0 Å². The molecule has 1 aliphatic rings. The summed E-state index contributed by atoms with van der Waals surface area (Å²) in [5, 5.41) is 0.731. The van der Waals surface area contributed by atoms with Crippen LogP contribution in [0.5, 0.6) is 0 Å². The van der Waals surface area contributed by atoms with E-state index in [0.717, 1.165) is 41.1 Å². The van der Waals surface area contributed by atoms with Crippen molar-refractivity contribution in [2.24, 2.45) is 11.7 Å². The Morgan fingerprint density at radius 3 is 2.69 bits per heavy atom. The number of hydrogen-bond acceptors (Lipinski definition) is 2. The lowest BCUT2D eigenvalue weighted by molar-refractivity contribution is 0.0583. The van der Waals surface area contributed by atoms with E-state index in [4.69, 9.17) is 22.1 Å². The van der Waals surface area contributed by atoms with Crippen molar-refractivity contribution >= 4 is 27.5 Å². The van der Waals surface area contributed by atoms with E-state index < -0.39 is 0 Å². The Balaban J connectivity index is 2.15. The third kappa shape index (κ3) is 2.77. The van der Waals surface area contributed by atoms with Crippen molar-refractivity contribution in [1.29, 1.82) is 0 Å². The zero-order valence-corrected chi connectivity index (χ0v) is 11.3. The second-order valence-electron chi connectivity index (χ2n) is 4.14. The second-order valence-corrected chi connectivity index (χ2v) is 5.43. The molecule has 0 saturated carbocycles. The highest BCUT2D eigenvalue weighted by Gasteiger charge is 2.23. The highest BCUT2D eigenvalue weighted by atomic mass is 79.9. The lowest BCUT2D eigenvalue weighted by Gasteiger charge is -2.28. The van der Waals surface area contributed by atoms with Crippen molar-refractivity contribution in [2.45, 2.75) is 18.9 Å². The molecule has 0 unspecified atom stereocenters. The lowest BCUT2D eigenvalue weighted by atomic mass is 9.88. The number of rotatable bonds is 2. The fraction of sp³-hybridized carbons (Fsp3) is 0.500. The molecule has 2 rings (SSSR count). The molecule has 1 aliphatic heterocycles. The number of halogens is 2. The van der Waals surface area contributed by atoms with Crippen molar-refractivity contribution in [3.8, 4) is 0 Å². The molecule has 0 aliphatic carbocycles. The van der Waals surface area contributed by atoms with Crippen molar-refractivity contribution < 1.29 is 4.74 Å². The first-order valence-electron chi connectivity index (χ1n) is 5.47. The highest BCUT2D eigenvalue weighted by molar-refractivity contribution is 9.10. The Kier molecular flexibility index (Phi) is 4.25. The Bertz CT molecular complexity index is 366. The predicted octanol–water partition coefficient (Wildman–Crippen LogP) is 3.53. The Morgan fingerprint density at radius 2 is 2.06 bits per heavy atom. The summed E-state index contributed by atoms with van der Waals surface area (Å²) in [5.74, 6) is 0.506. The van der Waals surface area contributed by atoms with E-state index in [1.807, 2.05) is 18.2 Å². The van der Waals surface area contributed by atoms with Crippen LogP contribution in [0.4, 0.5) is 0 Å². The summed E-state index contributed by atoms with van der Waals surface area (Å²) in [6.07, 6.45) is 2.08. The molecule has 1 fully saturated rings. The normalized spacial score (nSPS) is 19.7. The van der Waals surface area contributed by atoms with Crippen LogP contribution in [-0.4, -0.2) is 13.2 Å². The number of benzene rings is 1. The molecule has 1 heterocycles. The maximum atomic E-state index is 6.29. The first kappa shape index (κ1) is 12.4. The molecular formula is C12H15BrClNO. The average molecular weight is 305 g/mol. The van der Waals surface area contributed by atoms with Gasteiger partial charge >= 0.3 is 0 Å². The van der Waals surface area contributed by atoms with Crippen molar-refractivity contribution in [3.05, 3.63) is 33.3 Å². The van der Waals surface area contributed by atoms with Gasteiger partial charge < -0.3 is 10.5 Å². The molecule has 0 spiro atoms. The van der Waals surface area contributed by atoms with Crippen LogP contribution in [0.25, 0.3) is 0 Å². The summed E-state index contributed by atoms with van der Waals surface area (Å²) >= 11 is 9.44. The van der Waals surface area contributed by atoms with Gasteiger partial charge in [0, 0.05) is 28.8 Å². The third-order valence-electron chi connectivity index (χ3n) is 3.10. The molecule has 0 aromatic heterocycles. The Hall–Kier alpha value is -0.0900. The summed E-state index contributed by atoms with van der Waals surface area (Å²) < 4.78 is 6.35. The van der Waals surface area contributed by atoms with Gasteiger partial charge in [0.1, 0.15) is 0 Å². The topological polar surface area (TPSA) is 35.2 Å². The maximum Gasteiger partial charge on any atom is 0.0469 e. The molecule has 2 N–H and O–H groups in total. The minimum atomic E-state index is 0.0653. The van der Waals surface area contributed by atoms with E-state index in [9.17, 15) is 0 Å². The summed E-state index contributed by atoms with van der Waals surface area (Å²) in [4.78, 5) is 0. The van der Waals surface area contributed by atoms with Gasteiger partial charge in [-0.25, -0.2) is 0 Å². The number of ether oxygens (including phenoxy) is 1. The summed E-state index contributed by atoms with van der Waals surface area (Å²) in [6.45, 7) is 1.65. The van der Waals surface area contributed by atoms with E-state index in [1.54, 1.807) is 0 Å². The van der Waals surface area contributed by atoms with Gasteiger partial charge in [0.15, 0.2) is 0 Å². The quantitative estimate of drug-likeness (QED) is 0.907. The van der Waals surface area contributed by atoms with Gasteiger partial charge in [-0.15, -0.1) is 0 Å². The van der Waals surface area contributed by atoms with Gasteiger partial charge in [0.2, 0.25) is 0 Å². The minimum absolute atomic E-state index is 0.0653. The summed E-state index contributed by atoms with van der Waals surface area (Å²) in [6, 6.07) is 5.86. The highest BCUT2D eigenvalue weighted by Crippen LogP contribution is 2.33. The maximum absolute atomic E-state index is 6.29. The number of nitrogens with two attached hydrogens (primary N) is 1. The molecular weight excluding hydrogens is 289 g/mol. The standard InChI is InChI=1S/C12H15BrClNO/c13-11-7-9(14)1-2-10(11)12(15)8-3-5-16-6-4-8/h1-2,7-8,12H,3-6,15H2/t12-/m1/s1. The van der Waals surface area contributed by atoms with E-state index in [1.165, 1.54) is 0 Å². The smallest absolute Gasteiger partial charge is 0.0469 e. The van der Waals surface area contributed by atoms with Crippen LogP contribution in [0.15, 0.2) is 22.7 Å². The summed E-state index contributed by atoms with van der Waals surface area (Å²) in [5.41, 5.74) is 7.43. The van der Waals surface area contributed by atoms with E-state index in [0.29, 0.717) is 5.92 Å². The molecule has 0 radical (unpaired) electrons. The van der Waals surface area contributed by atoms with Crippen LogP contribution < -0.4 is 5.73 Å². The van der Waals surface area contributed by atoms with E-state index >= 15 is 0 Å². The Labute approximate surface area is 109 Å². The number of hydrogen-bond donors (Lipinski definition) is 1. The lowest BCUT2D eigenvalue weighted by Crippen LogP contribution is -2.27. The van der Waals surface area contributed by atoms with Gasteiger partial charge in [-0.05, 0) is 36.5 Å². The fourth-order valence-corrected chi connectivity index (χ4v) is 3.05. The molecule has 4 heteroatoms. The molecule has 0 amide bonds. The van der Waals surface area contributed by atoms with Gasteiger partial charge in [-0.1, -0.05) is 33.6 Å². The molecule has 16 heavy (non-hydrogen) atoms. The van der Waals surface area contributed by atoms with Crippen LogP contribution in [0.3, 0.4) is 0 Å². The monoisotopic (exact) mass is 303 g/mol. The predicted molar refractivity (Wildman–Crippen MR) is 69.6 cm³/mol. The minimum Gasteiger partial charge on any atom is -0.381 e. The molecule has 1 saturated heterocycles. The SMILES string of the molecule is N[C@@H](c1ccc(Cl)cc1Br)C1CCOCC1. The first-order chi connectivity index (χ1) is 7.68. The zero-order valence-electron chi connectivity index (χ0n) is 8.96. The average Bonchev–Trinajstić information content (AvgIpc) is 2.29. The van der Waals surface area contributed by atoms with Gasteiger partial charge in [0.25, 0.3) is 0 Å². The second kappa shape index (κ2) is 5.50. The van der Waals surface area contributed by atoms with E-state index in [-0.39, 0.29) is 6.04 Å². The van der Waals surface area contributed by atoms with Crippen molar-refractivity contribution in [2.75, 3.05) is 13.2 Å². The molecule has 0 bridgehead atoms. The van der Waals surface area contributed by atoms with Crippen LogP contribution in [-0.2, 0) is 4.74 Å². The van der Waals surface area contributed by atoms with Crippen molar-refractivity contribution in [3.63, 3.8) is 0 Å². The van der Waals surface area contributed by atoms with Crippen LogP contribution in [0, 0.1) is 5.92 Å². The van der Waals surface area contributed by atoms with Crippen LogP contribution >= 0.6 is 27.5 Å². The molecule has 88 valence electrons. The van der Waals surface area contributed by atoms with Crippen LogP contribution in [0.2, 0.25) is 5.02 Å². The van der Waals surface area contributed by atoms with E-state index in [2.05, 4.69) is 15.9 Å². The van der Waals surface area contributed by atoms with Crippen molar-refractivity contribution in [1.82, 2.24) is 0 Å². The molecule has 1 aromatic rings. The Morgan fingerprint density at radius 1 is 1.38 bits per heavy atom. The van der Waals surface area contributed by atoms with Gasteiger partial charge in [0.05, 0.1) is 0 Å². The zero-order chi connectivity index (χ0) is 11.5.